The summed E-state index contributed by atoms with van der Waals surface area (Å²) in [4.78, 5) is 24.6. The van der Waals surface area contributed by atoms with Gasteiger partial charge < -0.3 is 15.3 Å². The van der Waals surface area contributed by atoms with Gasteiger partial charge in [-0.1, -0.05) is 0 Å². The Labute approximate surface area is 110 Å². The molecule has 1 unspecified atom stereocenters. The fraction of sp³-hybridized carbons (Fsp3) is 0.385. The molecule has 1 fully saturated rings. The molecule has 0 bridgehead atoms. The Bertz CT molecular complexity index is 519. The lowest BCUT2D eigenvalue weighted by Gasteiger charge is -2.11. The zero-order valence-electron chi connectivity index (χ0n) is 10.5. The first kappa shape index (κ1) is 13.5. The summed E-state index contributed by atoms with van der Waals surface area (Å²) in [5, 5.41) is 11.3. The van der Waals surface area contributed by atoms with Crippen molar-refractivity contribution in [2.24, 2.45) is 5.92 Å². The Morgan fingerprint density at radius 2 is 2.21 bits per heavy atom. The summed E-state index contributed by atoms with van der Waals surface area (Å²) < 4.78 is 13.5. The van der Waals surface area contributed by atoms with E-state index in [0.717, 1.165) is 25.1 Å². The Hall–Kier alpha value is -1.95. The fourth-order valence-corrected chi connectivity index (χ4v) is 2.16. The van der Waals surface area contributed by atoms with Crippen molar-refractivity contribution in [1.29, 1.82) is 0 Å². The SMILES string of the molecule is CN1CCC(C(=O)Nc2ccc(C(=O)O)c(F)c2)C1. The Balaban J connectivity index is 2.05. The summed E-state index contributed by atoms with van der Waals surface area (Å²) in [6, 6.07) is 3.57. The molecule has 19 heavy (non-hydrogen) atoms. The molecule has 0 radical (unpaired) electrons. The molecule has 1 aromatic rings. The molecule has 1 amide bonds. The molecule has 1 aliphatic heterocycles. The van der Waals surface area contributed by atoms with Gasteiger partial charge in [-0.25, -0.2) is 9.18 Å². The standard InChI is InChI=1S/C13H15FN2O3/c1-16-5-4-8(7-16)12(17)15-9-2-3-10(13(18)19)11(14)6-9/h2-3,6,8H,4-5,7H2,1H3,(H,15,17)(H,18,19). The fourth-order valence-electron chi connectivity index (χ4n) is 2.16. The van der Waals surface area contributed by atoms with Gasteiger partial charge in [-0.3, -0.25) is 4.79 Å². The van der Waals surface area contributed by atoms with Gasteiger partial charge in [-0.2, -0.15) is 0 Å². The van der Waals surface area contributed by atoms with Gasteiger partial charge in [0, 0.05) is 12.2 Å². The first-order valence-corrected chi connectivity index (χ1v) is 5.99. The van der Waals surface area contributed by atoms with Gasteiger partial charge >= 0.3 is 5.97 Å². The molecule has 0 saturated carbocycles. The van der Waals surface area contributed by atoms with Crippen molar-refractivity contribution in [2.75, 3.05) is 25.5 Å². The van der Waals surface area contributed by atoms with Gasteiger partial charge in [0.2, 0.25) is 5.91 Å². The molecule has 1 atom stereocenters. The van der Waals surface area contributed by atoms with Crippen molar-refractivity contribution in [3.05, 3.63) is 29.6 Å². The number of carboxylic acids is 1. The highest BCUT2D eigenvalue weighted by atomic mass is 19.1. The largest absolute Gasteiger partial charge is 0.478 e. The van der Waals surface area contributed by atoms with Crippen LogP contribution in [0, 0.1) is 11.7 Å². The molecule has 0 spiro atoms. The Morgan fingerprint density at radius 1 is 1.47 bits per heavy atom. The lowest BCUT2D eigenvalue weighted by atomic mass is 10.1. The summed E-state index contributed by atoms with van der Waals surface area (Å²) >= 11 is 0. The Morgan fingerprint density at radius 3 is 2.74 bits per heavy atom. The van der Waals surface area contributed by atoms with Crippen LogP contribution in [0.1, 0.15) is 16.8 Å². The highest BCUT2D eigenvalue weighted by Crippen LogP contribution is 2.19. The van der Waals surface area contributed by atoms with E-state index in [1.165, 1.54) is 6.07 Å². The normalized spacial score (nSPS) is 19.4. The second kappa shape index (κ2) is 5.36. The molecule has 1 aromatic carbocycles. The third kappa shape index (κ3) is 3.08. The van der Waals surface area contributed by atoms with Crippen molar-refractivity contribution in [3.8, 4) is 0 Å². The highest BCUT2D eigenvalue weighted by Gasteiger charge is 2.26. The molecule has 0 aliphatic carbocycles. The minimum Gasteiger partial charge on any atom is -0.478 e. The highest BCUT2D eigenvalue weighted by molar-refractivity contribution is 5.94. The number of nitrogens with zero attached hydrogens (tertiary/aromatic N) is 1. The number of carbonyl (C=O) groups excluding carboxylic acids is 1. The quantitative estimate of drug-likeness (QED) is 0.868. The zero-order valence-corrected chi connectivity index (χ0v) is 10.5. The van der Waals surface area contributed by atoms with E-state index in [0.29, 0.717) is 6.54 Å². The zero-order chi connectivity index (χ0) is 14.0. The van der Waals surface area contributed by atoms with Crippen molar-refractivity contribution < 1.29 is 19.1 Å². The van der Waals surface area contributed by atoms with Gasteiger partial charge in [0.25, 0.3) is 0 Å². The molecule has 2 N–H and O–H groups in total. The summed E-state index contributed by atoms with van der Waals surface area (Å²) in [6.07, 6.45) is 0.776. The summed E-state index contributed by atoms with van der Waals surface area (Å²) in [5.41, 5.74) is -0.124. The number of benzene rings is 1. The number of carbonyl (C=O) groups is 2. The second-order valence-corrected chi connectivity index (χ2v) is 4.74. The van der Waals surface area contributed by atoms with Crippen LogP contribution in [0.25, 0.3) is 0 Å². The molecular formula is C13H15FN2O3. The molecule has 2 rings (SSSR count). The minimum absolute atomic E-state index is 0.104. The first-order chi connectivity index (χ1) is 8.97. The maximum absolute atomic E-state index is 13.5. The van der Waals surface area contributed by atoms with E-state index < -0.39 is 17.3 Å². The average Bonchev–Trinajstić information content (AvgIpc) is 2.75. The van der Waals surface area contributed by atoms with E-state index in [1.54, 1.807) is 0 Å². The first-order valence-electron chi connectivity index (χ1n) is 5.99. The number of amides is 1. The second-order valence-electron chi connectivity index (χ2n) is 4.74. The number of nitrogens with one attached hydrogen (secondary N) is 1. The molecular weight excluding hydrogens is 251 g/mol. The predicted octanol–water partition coefficient (Wildman–Crippen LogP) is 1.41. The third-order valence-corrected chi connectivity index (χ3v) is 3.23. The van der Waals surface area contributed by atoms with Crippen molar-refractivity contribution in [1.82, 2.24) is 4.90 Å². The van der Waals surface area contributed by atoms with E-state index >= 15 is 0 Å². The van der Waals surface area contributed by atoms with Gasteiger partial charge in [-0.15, -0.1) is 0 Å². The predicted molar refractivity (Wildman–Crippen MR) is 67.6 cm³/mol. The molecule has 1 heterocycles. The topological polar surface area (TPSA) is 69.6 Å². The number of likely N-dealkylation sites (tertiary alicyclic amines) is 1. The van der Waals surface area contributed by atoms with Gasteiger partial charge in [-0.05, 0) is 38.2 Å². The number of halogens is 1. The lowest BCUT2D eigenvalue weighted by Crippen LogP contribution is -2.25. The smallest absolute Gasteiger partial charge is 0.338 e. The van der Waals surface area contributed by atoms with Crippen LogP contribution in [0.15, 0.2) is 18.2 Å². The molecule has 1 aliphatic rings. The summed E-state index contributed by atoms with van der Waals surface area (Å²) in [5.74, 6) is -2.44. The third-order valence-electron chi connectivity index (χ3n) is 3.23. The van der Waals surface area contributed by atoms with Crippen LogP contribution in [0.5, 0.6) is 0 Å². The molecule has 102 valence electrons. The van der Waals surface area contributed by atoms with E-state index in [1.807, 2.05) is 7.05 Å². The lowest BCUT2D eigenvalue weighted by molar-refractivity contribution is -0.119. The Kier molecular flexibility index (Phi) is 3.80. The van der Waals surface area contributed by atoms with Gasteiger partial charge in [0.1, 0.15) is 5.82 Å². The molecule has 1 saturated heterocycles. The monoisotopic (exact) mass is 266 g/mol. The van der Waals surface area contributed by atoms with Crippen molar-refractivity contribution in [2.45, 2.75) is 6.42 Å². The van der Waals surface area contributed by atoms with Crippen molar-refractivity contribution >= 4 is 17.6 Å². The van der Waals surface area contributed by atoms with Gasteiger partial charge in [0.15, 0.2) is 0 Å². The molecule has 6 heteroatoms. The minimum atomic E-state index is -1.33. The van der Waals surface area contributed by atoms with Crippen LogP contribution < -0.4 is 5.32 Å². The van der Waals surface area contributed by atoms with Crippen LogP contribution in [0.2, 0.25) is 0 Å². The van der Waals surface area contributed by atoms with Gasteiger partial charge in [0.05, 0.1) is 11.5 Å². The molecule has 0 aromatic heterocycles. The maximum Gasteiger partial charge on any atom is 0.338 e. The number of hydrogen-bond acceptors (Lipinski definition) is 3. The van der Waals surface area contributed by atoms with E-state index in [4.69, 9.17) is 5.11 Å². The number of carboxylic acid groups (broad SMARTS) is 1. The average molecular weight is 266 g/mol. The maximum atomic E-state index is 13.5. The summed E-state index contributed by atoms with van der Waals surface area (Å²) in [6.45, 7) is 1.55. The van der Waals surface area contributed by atoms with Crippen molar-refractivity contribution in [3.63, 3.8) is 0 Å². The van der Waals surface area contributed by atoms with E-state index in [9.17, 15) is 14.0 Å². The number of hydrogen-bond donors (Lipinski definition) is 2. The molecule has 5 nitrogen and oxygen atoms in total. The van der Waals surface area contributed by atoms with Crippen LogP contribution in [0.4, 0.5) is 10.1 Å². The number of anilines is 1. The summed E-state index contributed by atoms with van der Waals surface area (Å²) in [7, 11) is 1.94. The van der Waals surface area contributed by atoms with Crippen LogP contribution >= 0.6 is 0 Å². The van der Waals surface area contributed by atoms with Crippen LogP contribution in [0.3, 0.4) is 0 Å². The number of rotatable bonds is 3. The number of aromatic carboxylic acids is 1. The van der Waals surface area contributed by atoms with Crippen LogP contribution in [-0.4, -0.2) is 42.0 Å². The van der Waals surface area contributed by atoms with Crippen LogP contribution in [-0.2, 0) is 4.79 Å². The van der Waals surface area contributed by atoms with E-state index in [-0.39, 0.29) is 17.5 Å². The van der Waals surface area contributed by atoms with E-state index in [2.05, 4.69) is 10.2 Å².